The lowest BCUT2D eigenvalue weighted by molar-refractivity contribution is -0.134. The van der Waals surface area contributed by atoms with E-state index in [-0.39, 0.29) is 5.60 Å². The molecule has 2 aliphatic rings. The van der Waals surface area contributed by atoms with Crippen LogP contribution in [0.1, 0.15) is 9.75 Å². The van der Waals surface area contributed by atoms with Crippen molar-refractivity contribution in [3.8, 4) is 0 Å². The molecule has 2 saturated heterocycles. The zero-order chi connectivity index (χ0) is 17.1. The molecule has 2 aromatic rings. The summed E-state index contributed by atoms with van der Waals surface area (Å²) >= 11 is 1.89. The van der Waals surface area contributed by atoms with Gasteiger partial charge in [-0.25, -0.2) is 0 Å². The Hall–Kier alpha value is -1.47. The molecule has 0 radical (unpaired) electrons. The summed E-state index contributed by atoms with van der Waals surface area (Å²) < 4.78 is 12.2. The zero-order valence-corrected chi connectivity index (χ0v) is 15.5. The average Bonchev–Trinajstić information content (AvgIpc) is 2.92. The van der Waals surface area contributed by atoms with Gasteiger partial charge in [0, 0.05) is 42.1 Å². The Kier molecular flexibility index (Phi) is 5.03. The van der Waals surface area contributed by atoms with Crippen molar-refractivity contribution in [2.24, 2.45) is 0 Å². The summed E-state index contributed by atoms with van der Waals surface area (Å²) in [6, 6.07) is 8.55. The van der Waals surface area contributed by atoms with Crippen molar-refractivity contribution < 1.29 is 9.47 Å². The van der Waals surface area contributed by atoms with Gasteiger partial charge in [-0.1, -0.05) is 0 Å². The Morgan fingerprint density at radius 1 is 1.20 bits per heavy atom. The van der Waals surface area contributed by atoms with Gasteiger partial charge in [0.15, 0.2) is 0 Å². The molecule has 0 unspecified atom stereocenters. The van der Waals surface area contributed by atoms with E-state index >= 15 is 0 Å². The number of rotatable bonds is 3. The molecule has 4 rings (SSSR count). The van der Waals surface area contributed by atoms with E-state index in [2.05, 4.69) is 39.9 Å². The van der Waals surface area contributed by atoms with Crippen molar-refractivity contribution in [1.82, 2.24) is 9.88 Å². The van der Waals surface area contributed by atoms with Crippen molar-refractivity contribution in [2.75, 3.05) is 50.9 Å². The van der Waals surface area contributed by atoms with Gasteiger partial charge < -0.3 is 14.4 Å². The standard InChI is InChI=1S/C19H25N3O2S/c1-16-4-5-18(25-16)12-21-7-10-24-19(13-21)14-22(8-9-23-15-19)17-3-2-6-20-11-17/h2-6,11H,7-10,12-15H2,1H3/t19-/m1/s1. The van der Waals surface area contributed by atoms with Gasteiger partial charge in [-0.2, -0.15) is 0 Å². The normalized spacial score (nSPS) is 25.2. The van der Waals surface area contributed by atoms with Crippen LogP contribution in [0.15, 0.2) is 36.7 Å². The predicted molar refractivity (Wildman–Crippen MR) is 100 cm³/mol. The van der Waals surface area contributed by atoms with Gasteiger partial charge in [0.1, 0.15) is 5.60 Å². The minimum absolute atomic E-state index is 0.267. The van der Waals surface area contributed by atoms with Crippen molar-refractivity contribution in [2.45, 2.75) is 19.1 Å². The van der Waals surface area contributed by atoms with Gasteiger partial charge in [0.2, 0.25) is 0 Å². The van der Waals surface area contributed by atoms with E-state index in [0.717, 1.165) is 51.6 Å². The molecular weight excluding hydrogens is 334 g/mol. The van der Waals surface area contributed by atoms with E-state index in [1.54, 1.807) is 0 Å². The van der Waals surface area contributed by atoms with Crippen LogP contribution in [0, 0.1) is 6.92 Å². The molecule has 0 bridgehead atoms. The van der Waals surface area contributed by atoms with E-state index in [1.807, 2.05) is 29.8 Å². The van der Waals surface area contributed by atoms with Crippen LogP contribution in [0.2, 0.25) is 0 Å². The van der Waals surface area contributed by atoms with E-state index in [9.17, 15) is 0 Å². The van der Waals surface area contributed by atoms with Crippen LogP contribution in [0.4, 0.5) is 5.69 Å². The number of hydrogen-bond donors (Lipinski definition) is 0. The average molecular weight is 359 g/mol. The number of nitrogens with zero attached hydrogens (tertiary/aromatic N) is 3. The number of hydrogen-bond acceptors (Lipinski definition) is 6. The fraction of sp³-hybridized carbons (Fsp3) is 0.526. The lowest BCUT2D eigenvalue weighted by Crippen LogP contribution is -2.58. The van der Waals surface area contributed by atoms with Crippen LogP contribution in [0.3, 0.4) is 0 Å². The molecule has 0 aromatic carbocycles. The summed E-state index contributed by atoms with van der Waals surface area (Å²) in [5, 5.41) is 0. The lowest BCUT2D eigenvalue weighted by atomic mass is 10.0. The SMILES string of the molecule is Cc1ccc(CN2CCO[C@]3(COCCN(c4cccnc4)C3)C2)s1. The molecule has 0 N–H and O–H groups in total. The Morgan fingerprint density at radius 2 is 2.16 bits per heavy atom. The third-order valence-corrected chi connectivity index (χ3v) is 5.85. The van der Waals surface area contributed by atoms with Crippen molar-refractivity contribution in [3.63, 3.8) is 0 Å². The van der Waals surface area contributed by atoms with Crippen LogP contribution in [-0.4, -0.2) is 61.5 Å². The van der Waals surface area contributed by atoms with Gasteiger partial charge in [-0.3, -0.25) is 9.88 Å². The first-order valence-electron chi connectivity index (χ1n) is 8.87. The number of morpholine rings is 1. The summed E-state index contributed by atoms with van der Waals surface area (Å²) in [7, 11) is 0. The first kappa shape index (κ1) is 17.0. The van der Waals surface area contributed by atoms with Crippen molar-refractivity contribution in [3.05, 3.63) is 46.4 Å². The highest BCUT2D eigenvalue weighted by Crippen LogP contribution is 2.27. The highest BCUT2D eigenvalue weighted by molar-refractivity contribution is 7.11. The lowest BCUT2D eigenvalue weighted by Gasteiger charge is -2.43. The van der Waals surface area contributed by atoms with Crippen molar-refractivity contribution in [1.29, 1.82) is 0 Å². The van der Waals surface area contributed by atoms with E-state index in [0.29, 0.717) is 6.61 Å². The van der Waals surface area contributed by atoms with Crippen LogP contribution < -0.4 is 4.90 Å². The van der Waals surface area contributed by atoms with Gasteiger partial charge in [-0.15, -0.1) is 11.3 Å². The molecule has 5 nitrogen and oxygen atoms in total. The monoisotopic (exact) mass is 359 g/mol. The number of aromatic nitrogens is 1. The molecule has 25 heavy (non-hydrogen) atoms. The molecule has 134 valence electrons. The quantitative estimate of drug-likeness (QED) is 0.842. The fourth-order valence-corrected chi connectivity index (χ4v) is 4.63. The highest BCUT2D eigenvalue weighted by atomic mass is 32.1. The maximum Gasteiger partial charge on any atom is 0.121 e. The summed E-state index contributed by atoms with van der Waals surface area (Å²) in [5.74, 6) is 0. The zero-order valence-electron chi connectivity index (χ0n) is 14.7. The van der Waals surface area contributed by atoms with E-state index < -0.39 is 0 Å². The van der Waals surface area contributed by atoms with Crippen LogP contribution in [0.25, 0.3) is 0 Å². The predicted octanol–water partition coefficient (Wildman–Crippen LogP) is 2.56. The Labute approximate surface area is 153 Å². The van der Waals surface area contributed by atoms with Gasteiger partial charge in [0.05, 0.1) is 38.2 Å². The molecule has 0 amide bonds. The van der Waals surface area contributed by atoms with E-state index in [1.165, 1.54) is 9.75 Å². The largest absolute Gasteiger partial charge is 0.376 e. The topological polar surface area (TPSA) is 37.8 Å². The molecule has 1 atom stereocenters. The van der Waals surface area contributed by atoms with Gasteiger partial charge in [-0.05, 0) is 31.2 Å². The second-order valence-electron chi connectivity index (χ2n) is 6.94. The maximum absolute atomic E-state index is 6.29. The number of aryl methyl sites for hydroxylation is 1. The third-order valence-electron chi connectivity index (χ3n) is 4.86. The second-order valence-corrected chi connectivity index (χ2v) is 8.31. The number of thiophene rings is 1. The molecule has 2 aromatic heterocycles. The highest BCUT2D eigenvalue weighted by Gasteiger charge is 2.40. The Balaban J connectivity index is 1.48. The minimum Gasteiger partial charge on any atom is -0.376 e. The smallest absolute Gasteiger partial charge is 0.121 e. The fourth-order valence-electron chi connectivity index (χ4n) is 3.70. The van der Waals surface area contributed by atoms with Gasteiger partial charge >= 0.3 is 0 Å². The first-order chi connectivity index (χ1) is 12.2. The molecule has 0 aliphatic carbocycles. The third kappa shape index (κ3) is 4.03. The van der Waals surface area contributed by atoms with Crippen molar-refractivity contribution >= 4 is 17.0 Å². The molecule has 2 aliphatic heterocycles. The molecule has 6 heteroatoms. The van der Waals surface area contributed by atoms with Crippen LogP contribution in [-0.2, 0) is 16.0 Å². The maximum atomic E-state index is 6.29. The summed E-state index contributed by atoms with van der Waals surface area (Å²) in [6.45, 7) is 8.91. The summed E-state index contributed by atoms with van der Waals surface area (Å²) in [6.07, 6.45) is 3.74. The number of anilines is 1. The van der Waals surface area contributed by atoms with E-state index in [4.69, 9.17) is 9.47 Å². The molecule has 1 spiro atoms. The van der Waals surface area contributed by atoms with Crippen LogP contribution in [0.5, 0.6) is 0 Å². The first-order valence-corrected chi connectivity index (χ1v) is 9.68. The number of pyridine rings is 1. The molecular formula is C19H25N3O2S. The Bertz CT molecular complexity index is 693. The van der Waals surface area contributed by atoms with Gasteiger partial charge in [0.25, 0.3) is 0 Å². The summed E-state index contributed by atoms with van der Waals surface area (Å²) in [4.78, 5) is 11.9. The van der Waals surface area contributed by atoms with Crippen LogP contribution >= 0.6 is 11.3 Å². The molecule has 4 heterocycles. The molecule has 2 fully saturated rings. The second kappa shape index (κ2) is 7.41. The Morgan fingerprint density at radius 3 is 2.96 bits per heavy atom. The minimum atomic E-state index is -0.267. The number of ether oxygens (including phenoxy) is 2. The molecule has 0 saturated carbocycles. The summed E-state index contributed by atoms with van der Waals surface area (Å²) in [5.41, 5.74) is 0.874.